The summed E-state index contributed by atoms with van der Waals surface area (Å²) in [6, 6.07) is 10.8. The molecule has 1 amide bonds. The fraction of sp³-hybridized carbons (Fsp3) is 0.333. The van der Waals surface area contributed by atoms with Crippen LogP contribution in [0, 0.1) is 6.92 Å². The van der Waals surface area contributed by atoms with Gasteiger partial charge in [-0.1, -0.05) is 24.3 Å². The van der Waals surface area contributed by atoms with Crippen LogP contribution < -0.4 is 5.32 Å². The minimum atomic E-state index is -0.0569. The molecule has 0 spiro atoms. The Morgan fingerprint density at radius 3 is 2.63 bits per heavy atom. The number of nitrogens with zero attached hydrogens (tertiary/aromatic N) is 2. The molecule has 0 aliphatic carbocycles. The Bertz CT molecular complexity index is 900. The standard InChI is InChI=1S/C21H25N3OS2/c1-14(2)24(4)12-17-8-6-5-7-16(17)11-22-20(25)19-15(3)23-21(27-19)18-9-10-26-13-18/h5-10,13-14H,11-12H2,1-4H3,(H,22,25). The predicted octanol–water partition coefficient (Wildman–Crippen LogP) is 4.95. The van der Waals surface area contributed by atoms with E-state index in [1.54, 1.807) is 11.3 Å². The molecule has 4 nitrogen and oxygen atoms in total. The minimum Gasteiger partial charge on any atom is -0.347 e. The first-order chi connectivity index (χ1) is 13.0. The first-order valence-corrected chi connectivity index (χ1v) is 10.8. The molecule has 1 N–H and O–H groups in total. The van der Waals surface area contributed by atoms with Crippen LogP contribution in [0.15, 0.2) is 41.1 Å². The molecule has 0 fully saturated rings. The Labute approximate surface area is 168 Å². The third kappa shape index (κ3) is 4.83. The van der Waals surface area contributed by atoms with E-state index in [0.717, 1.165) is 28.4 Å². The quantitative estimate of drug-likeness (QED) is 0.611. The lowest BCUT2D eigenvalue weighted by molar-refractivity contribution is 0.0954. The summed E-state index contributed by atoms with van der Waals surface area (Å²) in [5.41, 5.74) is 4.26. The van der Waals surface area contributed by atoms with E-state index in [1.165, 1.54) is 16.9 Å². The molecule has 0 bridgehead atoms. The molecule has 0 unspecified atom stereocenters. The second kappa shape index (κ2) is 8.78. The van der Waals surface area contributed by atoms with E-state index < -0.39 is 0 Å². The molecule has 2 aromatic heterocycles. The SMILES string of the molecule is Cc1nc(-c2ccsc2)sc1C(=O)NCc1ccccc1CN(C)C(C)C. The zero-order valence-corrected chi connectivity index (χ0v) is 17.8. The summed E-state index contributed by atoms with van der Waals surface area (Å²) in [4.78, 5) is 20.3. The fourth-order valence-electron chi connectivity index (χ4n) is 2.71. The molecule has 6 heteroatoms. The predicted molar refractivity (Wildman–Crippen MR) is 114 cm³/mol. The van der Waals surface area contributed by atoms with E-state index in [9.17, 15) is 4.79 Å². The molecule has 0 aliphatic heterocycles. The summed E-state index contributed by atoms with van der Waals surface area (Å²) < 4.78 is 0. The van der Waals surface area contributed by atoms with Crippen LogP contribution in [-0.2, 0) is 13.1 Å². The number of amides is 1. The van der Waals surface area contributed by atoms with Gasteiger partial charge in [0, 0.05) is 30.1 Å². The lowest BCUT2D eigenvalue weighted by atomic mass is 10.1. The first-order valence-electron chi connectivity index (χ1n) is 9.01. The average molecular weight is 400 g/mol. The number of hydrogen-bond donors (Lipinski definition) is 1. The van der Waals surface area contributed by atoms with E-state index in [2.05, 4.69) is 59.7 Å². The van der Waals surface area contributed by atoms with E-state index >= 15 is 0 Å². The van der Waals surface area contributed by atoms with Gasteiger partial charge in [0.05, 0.1) is 5.69 Å². The fourth-order valence-corrected chi connectivity index (χ4v) is 4.40. The molecule has 1 aromatic carbocycles. The van der Waals surface area contributed by atoms with Crippen molar-refractivity contribution in [3.8, 4) is 10.6 Å². The van der Waals surface area contributed by atoms with Crippen LogP contribution in [0.3, 0.4) is 0 Å². The van der Waals surface area contributed by atoms with Crippen molar-refractivity contribution in [1.82, 2.24) is 15.2 Å². The highest BCUT2D eigenvalue weighted by atomic mass is 32.1. The number of carbonyl (C=O) groups is 1. The molecule has 3 aromatic rings. The van der Waals surface area contributed by atoms with Gasteiger partial charge in [-0.15, -0.1) is 11.3 Å². The Balaban J connectivity index is 1.70. The maximum absolute atomic E-state index is 12.7. The molecule has 2 heterocycles. The van der Waals surface area contributed by atoms with Crippen molar-refractivity contribution in [2.75, 3.05) is 7.05 Å². The highest BCUT2D eigenvalue weighted by Gasteiger charge is 2.17. The molecular formula is C21H25N3OS2. The van der Waals surface area contributed by atoms with E-state index in [0.29, 0.717) is 17.5 Å². The first kappa shape index (κ1) is 19.7. The minimum absolute atomic E-state index is 0.0569. The van der Waals surface area contributed by atoms with E-state index in [1.807, 2.05) is 24.4 Å². The zero-order chi connectivity index (χ0) is 19.4. The normalized spacial score (nSPS) is 11.3. The lowest BCUT2D eigenvalue weighted by Gasteiger charge is -2.22. The van der Waals surface area contributed by atoms with Crippen LogP contribution in [0.5, 0.6) is 0 Å². The third-order valence-corrected chi connectivity index (χ3v) is 6.52. The summed E-state index contributed by atoms with van der Waals surface area (Å²) in [6.45, 7) is 7.65. The van der Waals surface area contributed by atoms with Crippen LogP contribution >= 0.6 is 22.7 Å². The van der Waals surface area contributed by atoms with Crippen molar-refractivity contribution < 1.29 is 4.79 Å². The largest absolute Gasteiger partial charge is 0.347 e. The Kier molecular flexibility index (Phi) is 6.42. The van der Waals surface area contributed by atoms with E-state index in [-0.39, 0.29) is 5.91 Å². The molecular weight excluding hydrogens is 374 g/mol. The van der Waals surface area contributed by atoms with Crippen molar-refractivity contribution in [2.45, 2.75) is 39.9 Å². The summed E-state index contributed by atoms with van der Waals surface area (Å²) in [7, 11) is 2.12. The zero-order valence-electron chi connectivity index (χ0n) is 16.2. The summed E-state index contributed by atoms with van der Waals surface area (Å²) in [5, 5.41) is 8.06. The van der Waals surface area contributed by atoms with Gasteiger partial charge in [0.1, 0.15) is 9.88 Å². The smallest absolute Gasteiger partial charge is 0.263 e. The maximum Gasteiger partial charge on any atom is 0.263 e. The van der Waals surface area contributed by atoms with Crippen LogP contribution in [0.1, 0.15) is 40.3 Å². The molecule has 0 aliphatic rings. The Morgan fingerprint density at radius 1 is 1.22 bits per heavy atom. The summed E-state index contributed by atoms with van der Waals surface area (Å²) in [5.74, 6) is -0.0569. The molecule has 142 valence electrons. The van der Waals surface area contributed by atoms with Gasteiger partial charge in [-0.05, 0) is 50.4 Å². The molecule has 0 radical (unpaired) electrons. The van der Waals surface area contributed by atoms with Gasteiger partial charge < -0.3 is 5.32 Å². The Morgan fingerprint density at radius 2 is 1.96 bits per heavy atom. The van der Waals surface area contributed by atoms with Crippen molar-refractivity contribution in [1.29, 1.82) is 0 Å². The topological polar surface area (TPSA) is 45.2 Å². The highest BCUT2D eigenvalue weighted by molar-refractivity contribution is 7.17. The number of aromatic nitrogens is 1. The molecule has 0 saturated heterocycles. The van der Waals surface area contributed by atoms with Crippen LogP contribution in [0.25, 0.3) is 10.6 Å². The van der Waals surface area contributed by atoms with Gasteiger partial charge in [0.2, 0.25) is 0 Å². The third-order valence-electron chi connectivity index (χ3n) is 4.63. The molecule has 0 saturated carbocycles. The van der Waals surface area contributed by atoms with Crippen LogP contribution in [0.2, 0.25) is 0 Å². The molecule has 27 heavy (non-hydrogen) atoms. The van der Waals surface area contributed by atoms with Gasteiger partial charge in [-0.2, -0.15) is 11.3 Å². The Hall–Kier alpha value is -2.02. The number of thiophene rings is 1. The van der Waals surface area contributed by atoms with Crippen molar-refractivity contribution >= 4 is 28.6 Å². The van der Waals surface area contributed by atoms with Gasteiger partial charge in [0.15, 0.2) is 0 Å². The lowest BCUT2D eigenvalue weighted by Crippen LogP contribution is -2.27. The van der Waals surface area contributed by atoms with Crippen LogP contribution in [-0.4, -0.2) is 28.9 Å². The number of aryl methyl sites for hydroxylation is 1. The van der Waals surface area contributed by atoms with Crippen molar-refractivity contribution in [3.05, 3.63) is 62.8 Å². The average Bonchev–Trinajstić information content (AvgIpc) is 3.30. The monoisotopic (exact) mass is 399 g/mol. The second-order valence-corrected chi connectivity index (χ2v) is 8.68. The molecule has 0 atom stereocenters. The van der Waals surface area contributed by atoms with Gasteiger partial charge >= 0.3 is 0 Å². The van der Waals surface area contributed by atoms with Gasteiger partial charge in [-0.3, -0.25) is 9.69 Å². The summed E-state index contributed by atoms with van der Waals surface area (Å²) in [6.07, 6.45) is 0. The van der Waals surface area contributed by atoms with Gasteiger partial charge in [-0.25, -0.2) is 4.98 Å². The number of rotatable bonds is 7. The van der Waals surface area contributed by atoms with Gasteiger partial charge in [0.25, 0.3) is 5.91 Å². The number of benzene rings is 1. The summed E-state index contributed by atoms with van der Waals surface area (Å²) >= 11 is 3.09. The maximum atomic E-state index is 12.7. The number of thiazole rings is 1. The van der Waals surface area contributed by atoms with Crippen molar-refractivity contribution in [2.24, 2.45) is 0 Å². The molecule has 3 rings (SSSR count). The number of nitrogens with one attached hydrogen (secondary N) is 1. The second-order valence-electron chi connectivity index (χ2n) is 6.91. The van der Waals surface area contributed by atoms with E-state index in [4.69, 9.17) is 0 Å². The van der Waals surface area contributed by atoms with Crippen LogP contribution in [0.4, 0.5) is 0 Å². The number of hydrogen-bond acceptors (Lipinski definition) is 5. The van der Waals surface area contributed by atoms with Crippen molar-refractivity contribution in [3.63, 3.8) is 0 Å². The highest BCUT2D eigenvalue weighted by Crippen LogP contribution is 2.29. The number of carbonyl (C=O) groups excluding carboxylic acids is 1.